The van der Waals surface area contributed by atoms with Gasteiger partial charge >= 0.3 is 0 Å². The van der Waals surface area contributed by atoms with Crippen molar-refractivity contribution >= 4 is 21.6 Å². The number of hydrogen-bond acceptors (Lipinski definition) is 1. The highest BCUT2D eigenvalue weighted by molar-refractivity contribution is 9.10. The molecule has 0 radical (unpaired) electrons. The molecule has 1 aromatic rings. The Morgan fingerprint density at radius 1 is 1.13 bits per heavy atom. The Bertz CT molecular complexity index is 365. The summed E-state index contributed by atoms with van der Waals surface area (Å²) >= 11 is 3.61. The minimum atomic E-state index is 0.495. The van der Waals surface area contributed by atoms with Crippen molar-refractivity contribution < 1.29 is 0 Å². The maximum Gasteiger partial charge on any atom is 0.0372 e. The molecule has 0 spiro atoms. The molecule has 0 bridgehead atoms. The molecule has 1 aliphatic heterocycles. The van der Waals surface area contributed by atoms with Gasteiger partial charge in [-0.25, -0.2) is 0 Å². The average molecular weight is 268 g/mol. The Balaban J connectivity index is 2.24. The first-order valence-corrected chi connectivity index (χ1v) is 6.20. The quantitative estimate of drug-likeness (QED) is 0.746. The van der Waals surface area contributed by atoms with E-state index in [9.17, 15) is 0 Å². The van der Waals surface area contributed by atoms with Gasteiger partial charge in [-0.3, -0.25) is 0 Å². The molecule has 0 unspecified atom stereocenters. The standard InChI is InChI=1S/C13H18BrN/c1-9-5-11(6-10(2)12(9)14)15-7-13(3,4)8-15/h5-6H,7-8H2,1-4H3. The molecule has 1 heterocycles. The first-order chi connectivity index (χ1) is 6.89. The van der Waals surface area contributed by atoms with Crippen molar-refractivity contribution in [3.8, 4) is 0 Å². The molecule has 0 amide bonds. The second-order valence-corrected chi connectivity index (χ2v) is 6.21. The van der Waals surface area contributed by atoms with Crippen LogP contribution in [0.25, 0.3) is 0 Å². The van der Waals surface area contributed by atoms with E-state index in [1.54, 1.807) is 0 Å². The maximum atomic E-state index is 3.61. The van der Waals surface area contributed by atoms with E-state index in [-0.39, 0.29) is 0 Å². The molecule has 1 aromatic carbocycles. The summed E-state index contributed by atoms with van der Waals surface area (Å²) in [5.41, 5.74) is 4.52. The Kier molecular flexibility index (Phi) is 2.58. The van der Waals surface area contributed by atoms with E-state index in [1.165, 1.54) is 34.4 Å². The van der Waals surface area contributed by atoms with E-state index in [4.69, 9.17) is 0 Å². The third kappa shape index (κ3) is 2.05. The zero-order valence-electron chi connectivity index (χ0n) is 9.89. The van der Waals surface area contributed by atoms with Gasteiger partial charge in [0.05, 0.1) is 0 Å². The molecule has 1 aliphatic rings. The topological polar surface area (TPSA) is 3.24 Å². The molecule has 0 atom stereocenters. The highest BCUT2D eigenvalue weighted by Gasteiger charge is 2.34. The number of nitrogens with zero attached hydrogens (tertiary/aromatic N) is 1. The summed E-state index contributed by atoms with van der Waals surface area (Å²) in [5.74, 6) is 0. The lowest BCUT2D eigenvalue weighted by Gasteiger charge is -2.47. The lowest BCUT2D eigenvalue weighted by molar-refractivity contribution is 0.276. The van der Waals surface area contributed by atoms with Crippen LogP contribution in [0.4, 0.5) is 5.69 Å². The molecule has 1 nitrogen and oxygen atoms in total. The highest BCUT2D eigenvalue weighted by atomic mass is 79.9. The number of aryl methyl sites for hydroxylation is 2. The molecular weight excluding hydrogens is 250 g/mol. The van der Waals surface area contributed by atoms with Gasteiger partial charge in [0, 0.05) is 23.2 Å². The van der Waals surface area contributed by atoms with Crippen LogP contribution in [0.15, 0.2) is 16.6 Å². The van der Waals surface area contributed by atoms with Crippen LogP contribution < -0.4 is 4.90 Å². The number of hydrogen-bond donors (Lipinski definition) is 0. The normalized spacial score (nSPS) is 18.9. The van der Waals surface area contributed by atoms with Crippen LogP contribution in [-0.4, -0.2) is 13.1 Å². The smallest absolute Gasteiger partial charge is 0.0372 e. The van der Waals surface area contributed by atoms with Gasteiger partial charge < -0.3 is 4.90 Å². The molecule has 82 valence electrons. The van der Waals surface area contributed by atoms with Crippen molar-refractivity contribution in [1.29, 1.82) is 0 Å². The van der Waals surface area contributed by atoms with Crippen LogP contribution in [0, 0.1) is 19.3 Å². The van der Waals surface area contributed by atoms with Crippen LogP contribution in [-0.2, 0) is 0 Å². The van der Waals surface area contributed by atoms with Crippen LogP contribution in [0.5, 0.6) is 0 Å². The molecule has 2 rings (SSSR count). The van der Waals surface area contributed by atoms with Gasteiger partial charge in [0.1, 0.15) is 0 Å². The predicted octanol–water partition coefficient (Wildman–Crippen LogP) is 3.91. The number of rotatable bonds is 1. The minimum Gasteiger partial charge on any atom is -0.370 e. The van der Waals surface area contributed by atoms with Crippen LogP contribution in [0.3, 0.4) is 0 Å². The second kappa shape index (κ2) is 3.51. The van der Waals surface area contributed by atoms with E-state index < -0.39 is 0 Å². The molecule has 1 saturated heterocycles. The molecular formula is C13H18BrN. The average Bonchev–Trinajstić information content (AvgIpc) is 2.09. The molecule has 0 aromatic heterocycles. The van der Waals surface area contributed by atoms with E-state index in [1.807, 2.05) is 0 Å². The van der Waals surface area contributed by atoms with E-state index >= 15 is 0 Å². The van der Waals surface area contributed by atoms with Gasteiger partial charge in [-0.15, -0.1) is 0 Å². The minimum absolute atomic E-state index is 0.495. The lowest BCUT2D eigenvalue weighted by atomic mass is 9.84. The Hall–Kier alpha value is -0.500. The predicted molar refractivity (Wildman–Crippen MR) is 69.6 cm³/mol. The van der Waals surface area contributed by atoms with Gasteiger partial charge in [-0.1, -0.05) is 29.8 Å². The van der Waals surface area contributed by atoms with Crippen LogP contribution >= 0.6 is 15.9 Å². The van der Waals surface area contributed by atoms with Gasteiger partial charge in [-0.05, 0) is 42.5 Å². The summed E-state index contributed by atoms with van der Waals surface area (Å²) in [4.78, 5) is 2.45. The second-order valence-electron chi connectivity index (χ2n) is 5.41. The number of anilines is 1. The summed E-state index contributed by atoms with van der Waals surface area (Å²) in [6.45, 7) is 11.3. The Morgan fingerprint density at radius 2 is 1.60 bits per heavy atom. The van der Waals surface area contributed by atoms with Gasteiger partial charge in [-0.2, -0.15) is 0 Å². The Labute approximate surface area is 101 Å². The molecule has 2 heteroatoms. The van der Waals surface area contributed by atoms with Crippen molar-refractivity contribution in [2.75, 3.05) is 18.0 Å². The fraction of sp³-hybridized carbons (Fsp3) is 0.538. The summed E-state index contributed by atoms with van der Waals surface area (Å²) in [6, 6.07) is 4.54. The molecule has 1 fully saturated rings. The third-order valence-electron chi connectivity index (χ3n) is 3.02. The summed E-state index contributed by atoms with van der Waals surface area (Å²) in [5, 5.41) is 0. The largest absolute Gasteiger partial charge is 0.370 e. The zero-order valence-corrected chi connectivity index (χ0v) is 11.5. The van der Waals surface area contributed by atoms with Crippen molar-refractivity contribution in [3.05, 3.63) is 27.7 Å². The maximum absolute atomic E-state index is 3.61. The molecule has 0 N–H and O–H groups in total. The van der Waals surface area contributed by atoms with Gasteiger partial charge in [0.15, 0.2) is 0 Å². The van der Waals surface area contributed by atoms with Crippen molar-refractivity contribution in [2.45, 2.75) is 27.7 Å². The fourth-order valence-electron chi connectivity index (χ4n) is 2.28. The molecule has 0 aliphatic carbocycles. The fourth-order valence-corrected chi connectivity index (χ4v) is 2.50. The third-order valence-corrected chi connectivity index (χ3v) is 4.27. The van der Waals surface area contributed by atoms with Gasteiger partial charge in [0.2, 0.25) is 0 Å². The number of halogens is 1. The van der Waals surface area contributed by atoms with Crippen molar-refractivity contribution in [2.24, 2.45) is 5.41 Å². The summed E-state index contributed by atoms with van der Waals surface area (Å²) < 4.78 is 1.24. The first kappa shape index (κ1) is 11.0. The monoisotopic (exact) mass is 267 g/mol. The van der Waals surface area contributed by atoms with Crippen molar-refractivity contribution in [1.82, 2.24) is 0 Å². The summed E-state index contributed by atoms with van der Waals surface area (Å²) in [7, 11) is 0. The van der Waals surface area contributed by atoms with Gasteiger partial charge in [0.25, 0.3) is 0 Å². The van der Waals surface area contributed by atoms with Crippen LogP contribution in [0.2, 0.25) is 0 Å². The SMILES string of the molecule is Cc1cc(N2CC(C)(C)C2)cc(C)c1Br. The van der Waals surface area contributed by atoms with E-state index in [0.29, 0.717) is 5.41 Å². The van der Waals surface area contributed by atoms with Crippen LogP contribution in [0.1, 0.15) is 25.0 Å². The highest BCUT2D eigenvalue weighted by Crippen LogP contribution is 2.35. The summed E-state index contributed by atoms with van der Waals surface area (Å²) in [6.07, 6.45) is 0. The Morgan fingerprint density at radius 3 is 2.00 bits per heavy atom. The lowest BCUT2D eigenvalue weighted by Crippen LogP contribution is -2.53. The molecule has 0 saturated carbocycles. The molecule has 15 heavy (non-hydrogen) atoms. The van der Waals surface area contributed by atoms with E-state index in [0.717, 1.165) is 0 Å². The zero-order chi connectivity index (χ0) is 11.2. The van der Waals surface area contributed by atoms with Crippen molar-refractivity contribution in [3.63, 3.8) is 0 Å². The first-order valence-electron chi connectivity index (χ1n) is 5.41. The number of benzene rings is 1. The van der Waals surface area contributed by atoms with E-state index in [2.05, 4.69) is 60.7 Å².